The molecule has 3 heterocycles. The van der Waals surface area contributed by atoms with Crippen molar-refractivity contribution >= 4 is 5.82 Å². The van der Waals surface area contributed by atoms with E-state index in [2.05, 4.69) is 42.0 Å². The van der Waals surface area contributed by atoms with Crippen LogP contribution in [-0.4, -0.2) is 36.1 Å². The molecule has 0 spiro atoms. The molecule has 0 unspecified atom stereocenters. The van der Waals surface area contributed by atoms with Crippen LogP contribution in [0.3, 0.4) is 0 Å². The quantitative estimate of drug-likeness (QED) is 0.838. The first-order valence-electron chi connectivity index (χ1n) is 8.69. The molecule has 2 aliphatic rings. The maximum atomic E-state index is 4.75. The monoisotopic (exact) mass is 287 g/mol. The number of anilines is 1. The smallest absolute Gasteiger partial charge is 0.128 e. The van der Waals surface area contributed by atoms with E-state index in [4.69, 9.17) is 4.98 Å². The first kappa shape index (κ1) is 14.8. The predicted octanol–water partition coefficient (Wildman–Crippen LogP) is 3.86. The zero-order valence-corrected chi connectivity index (χ0v) is 13.6. The molecule has 116 valence electrons. The molecule has 0 saturated carbocycles. The summed E-state index contributed by atoms with van der Waals surface area (Å²) in [7, 11) is 0. The molecule has 3 nitrogen and oxygen atoms in total. The van der Waals surface area contributed by atoms with Crippen LogP contribution < -0.4 is 4.90 Å². The van der Waals surface area contributed by atoms with Crippen LogP contribution in [0.25, 0.3) is 0 Å². The van der Waals surface area contributed by atoms with Gasteiger partial charge in [-0.25, -0.2) is 4.98 Å². The van der Waals surface area contributed by atoms with Crippen LogP contribution in [0.1, 0.15) is 57.6 Å². The summed E-state index contributed by atoms with van der Waals surface area (Å²) in [5, 5.41) is 0. The Morgan fingerprint density at radius 2 is 1.86 bits per heavy atom. The van der Waals surface area contributed by atoms with Crippen molar-refractivity contribution < 1.29 is 0 Å². The SMILES string of the molecule is CC(C)CN1CCCC[C@@H]1c1ccc(N2CCCC2)nc1. The fourth-order valence-electron chi connectivity index (χ4n) is 3.78. The first-order chi connectivity index (χ1) is 10.2. The normalized spacial score (nSPS) is 24.0. The van der Waals surface area contributed by atoms with E-state index in [0.29, 0.717) is 6.04 Å². The Balaban J connectivity index is 1.71. The fraction of sp³-hybridized carbons (Fsp3) is 0.722. The molecule has 2 saturated heterocycles. The van der Waals surface area contributed by atoms with Gasteiger partial charge in [0, 0.05) is 31.9 Å². The standard InChI is InChI=1S/C18H29N3/c1-15(2)14-21-12-4-3-7-17(21)16-8-9-18(19-13-16)20-10-5-6-11-20/h8-9,13,15,17H,3-7,10-12,14H2,1-2H3/t17-/m1/s1. The topological polar surface area (TPSA) is 19.4 Å². The van der Waals surface area contributed by atoms with Crippen molar-refractivity contribution in [2.24, 2.45) is 5.92 Å². The molecule has 0 N–H and O–H groups in total. The van der Waals surface area contributed by atoms with Gasteiger partial charge in [0.05, 0.1) is 0 Å². The van der Waals surface area contributed by atoms with Crippen molar-refractivity contribution in [2.75, 3.05) is 31.1 Å². The van der Waals surface area contributed by atoms with Crippen LogP contribution in [0.15, 0.2) is 18.3 Å². The Bertz CT molecular complexity index is 434. The van der Waals surface area contributed by atoms with Crippen LogP contribution in [0.5, 0.6) is 0 Å². The number of hydrogen-bond donors (Lipinski definition) is 0. The van der Waals surface area contributed by atoms with Gasteiger partial charge in [-0.05, 0) is 49.8 Å². The zero-order valence-electron chi connectivity index (χ0n) is 13.6. The molecule has 0 radical (unpaired) electrons. The summed E-state index contributed by atoms with van der Waals surface area (Å²) >= 11 is 0. The van der Waals surface area contributed by atoms with E-state index in [1.54, 1.807) is 0 Å². The van der Waals surface area contributed by atoms with Gasteiger partial charge < -0.3 is 4.90 Å². The van der Waals surface area contributed by atoms with Gasteiger partial charge in [-0.1, -0.05) is 26.3 Å². The summed E-state index contributed by atoms with van der Waals surface area (Å²) in [5.74, 6) is 1.91. The van der Waals surface area contributed by atoms with Crippen LogP contribution in [0.4, 0.5) is 5.82 Å². The van der Waals surface area contributed by atoms with Gasteiger partial charge in [-0.3, -0.25) is 4.90 Å². The van der Waals surface area contributed by atoms with Gasteiger partial charge in [0.15, 0.2) is 0 Å². The molecule has 2 fully saturated rings. The highest BCUT2D eigenvalue weighted by molar-refractivity contribution is 5.40. The van der Waals surface area contributed by atoms with Crippen LogP contribution in [0.2, 0.25) is 0 Å². The second-order valence-corrected chi connectivity index (χ2v) is 7.04. The number of hydrogen-bond acceptors (Lipinski definition) is 3. The number of nitrogens with zero attached hydrogens (tertiary/aromatic N) is 3. The minimum atomic E-state index is 0.585. The van der Waals surface area contributed by atoms with Crippen LogP contribution in [-0.2, 0) is 0 Å². The highest BCUT2D eigenvalue weighted by atomic mass is 15.2. The molecular weight excluding hydrogens is 258 g/mol. The third kappa shape index (κ3) is 3.57. The molecule has 3 heteroatoms. The molecule has 1 atom stereocenters. The van der Waals surface area contributed by atoms with E-state index in [9.17, 15) is 0 Å². The van der Waals surface area contributed by atoms with Crippen molar-refractivity contribution in [2.45, 2.75) is 52.0 Å². The Labute approximate surface area is 129 Å². The Morgan fingerprint density at radius 1 is 1.10 bits per heavy atom. The molecule has 1 aromatic rings. The number of piperidine rings is 1. The van der Waals surface area contributed by atoms with Crippen molar-refractivity contribution in [1.29, 1.82) is 0 Å². The van der Waals surface area contributed by atoms with Crippen LogP contribution >= 0.6 is 0 Å². The van der Waals surface area contributed by atoms with Crippen molar-refractivity contribution in [3.63, 3.8) is 0 Å². The average Bonchev–Trinajstić information content (AvgIpc) is 3.02. The largest absolute Gasteiger partial charge is 0.357 e. The molecule has 0 bridgehead atoms. The summed E-state index contributed by atoms with van der Waals surface area (Å²) in [6.45, 7) is 9.44. The molecule has 0 aromatic carbocycles. The average molecular weight is 287 g/mol. The molecule has 1 aromatic heterocycles. The van der Waals surface area contributed by atoms with Crippen LogP contribution in [0, 0.1) is 5.92 Å². The number of rotatable bonds is 4. The van der Waals surface area contributed by atoms with Gasteiger partial charge in [-0.15, -0.1) is 0 Å². The lowest BCUT2D eigenvalue weighted by atomic mass is 9.95. The van der Waals surface area contributed by atoms with E-state index >= 15 is 0 Å². The molecule has 21 heavy (non-hydrogen) atoms. The van der Waals surface area contributed by atoms with E-state index < -0.39 is 0 Å². The summed E-state index contributed by atoms with van der Waals surface area (Å²) in [6.07, 6.45) is 8.76. The highest BCUT2D eigenvalue weighted by Crippen LogP contribution is 2.32. The van der Waals surface area contributed by atoms with E-state index in [1.807, 2.05) is 0 Å². The van der Waals surface area contributed by atoms with E-state index in [-0.39, 0.29) is 0 Å². The van der Waals surface area contributed by atoms with Gasteiger partial charge in [-0.2, -0.15) is 0 Å². The molecule has 3 rings (SSSR count). The number of pyridine rings is 1. The van der Waals surface area contributed by atoms with Gasteiger partial charge in [0.25, 0.3) is 0 Å². The first-order valence-corrected chi connectivity index (χ1v) is 8.69. The Hall–Kier alpha value is -1.09. The van der Waals surface area contributed by atoms with Gasteiger partial charge in [0.1, 0.15) is 5.82 Å². The fourth-order valence-corrected chi connectivity index (χ4v) is 3.78. The summed E-state index contributed by atoms with van der Waals surface area (Å²) in [5.41, 5.74) is 1.42. The summed E-state index contributed by atoms with van der Waals surface area (Å²) in [4.78, 5) is 9.83. The molecule has 0 amide bonds. The number of aromatic nitrogens is 1. The summed E-state index contributed by atoms with van der Waals surface area (Å²) in [6, 6.07) is 5.15. The van der Waals surface area contributed by atoms with Crippen molar-refractivity contribution in [1.82, 2.24) is 9.88 Å². The lowest BCUT2D eigenvalue weighted by Crippen LogP contribution is -2.36. The molecular formula is C18H29N3. The van der Waals surface area contributed by atoms with Crippen molar-refractivity contribution in [3.05, 3.63) is 23.9 Å². The lowest BCUT2D eigenvalue weighted by molar-refractivity contribution is 0.132. The minimum Gasteiger partial charge on any atom is -0.357 e. The van der Waals surface area contributed by atoms with Gasteiger partial charge >= 0.3 is 0 Å². The summed E-state index contributed by atoms with van der Waals surface area (Å²) < 4.78 is 0. The molecule has 0 aliphatic carbocycles. The Morgan fingerprint density at radius 3 is 2.52 bits per heavy atom. The Kier molecular flexibility index (Phi) is 4.79. The van der Waals surface area contributed by atoms with E-state index in [1.165, 1.54) is 69.7 Å². The van der Waals surface area contributed by atoms with Crippen molar-refractivity contribution in [3.8, 4) is 0 Å². The lowest BCUT2D eigenvalue weighted by Gasteiger charge is -2.37. The van der Waals surface area contributed by atoms with E-state index in [0.717, 1.165) is 5.92 Å². The zero-order chi connectivity index (χ0) is 14.7. The maximum Gasteiger partial charge on any atom is 0.128 e. The third-order valence-corrected chi connectivity index (χ3v) is 4.80. The highest BCUT2D eigenvalue weighted by Gasteiger charge is 2.25. The number of likely N-dealkylation sites (tertiary alicyclic amines) is 1. The minimum absolute atomic E-state index is 0.585. The van der Waals surface area contributed by atoms with Gasteiger partial charge in [0.2, 0.25) is 0 Å². The maximum absolute atomic E-state index is 4.75. The second-order valence-electron chi connectivity index (χ2n) is 7.04. The second kappa shape index (κ2) is 6.78. The predicted molar refractivity (Wildman–Crippen MR) is 88.7 cm³/mol. The third-order valence-electron chi connectivity index (χ3n) is 4.80. The molecule has 2 aliphatic heterocycles.